The number of halogens is 2. The van der Waals surface area contributed by atoms with Gasteiger partial charge in [-0.25, -0.2) is 9.78 Å². The van der Waals surface area contributed by atoms with E-state index >= 15 is 0 Å². The zero-order valence-electron chi connectivity index (χ0n) is 20.3. The predicted octanol–water partition coefficient (Wildman–Crippen LogP) is 4.26. The molecule has 2 aromatic heterocycles. The van der Waals surface area contributed by atoms with E-state index in [1.54, 1.807) is 68.1 Å². The van der Waals surface area contributed by atoms with Crippen LogP contribution in [0, 0.1) is 5.92 Å². The second kappa shape index (κ2) is 11.1. The van der Waals surface area contributed by atoms with Crippen molar-refractivity contribution < 1.29 is 14.4 Å². The Morgan fingerprint density at radius 1 is 1.14 bits per heavy atom. The molecule has 1 aliphatic rings. The van der Waals surface area contributed by atoms with Crippen LogP contribution < -0.4 is 16.0 Å². The van der Waals surface area contributed by atoms with Crippen molar-refractivity contribution in [3.63, 3.8) is 0 Å². The average molecular weight is 541 g/mol. The molecule has 1 unspecified atom stereocenters. The highest BCUT2D eigenvalue weighted by molar-refractivity contribution is 6.33. The molecular formula is C26H26Cl2N6O3. The number of benzene rings is 1. The largest absolute Gasteiger partial charge is 0.384 e. The van der Waals surface area contributed by atoms with Crippen molar-refractivity contribution in [2.75, 3.05) is 17.7 Å². The van der Waals surface area contributed by atoms with E-state index in [0.717, 1.165) is 10.5 Å². The molecule has 1 fully saturated rings. The van der Waals surface area contributed by atoms with Crippen molar-refractivity contribution in [1.82, 2.24) is 20.2 Å². The average Bonchev–Trinajstić information content (AvgIpc) is 2.89. The number of nitrogen functional groups attached to an aromatic ring is 1. The summed E-state index contributed by atoms with van der Waals surface area (Å²) < 4.78 is 0. The van der Waals surface area contributed by atoms with Gasteiger partial charge in [0.25, 0.3) is 5.91 Å². The van der Waals surface area contributed by atoms with Gasteiger partial charge in [0.05, 0.1) is 12.0 Å². The van der Waals surface area contributed by atoms with Gasteiger partial charge < -0.3 is 16.0 Å². The summed E-state index contributed by atoms with van der Waals surface area (Å²) in [5.41, 5.74) is 7.75. The van der Waals surface area contributed by atoms with Crippen LogP contribution in [0.4, 0.5) is 16.3 Å². The Labute approximate surface area is 224 Å². The minimum Gasteiger partial charge on any atom is -0.384 e. The molecule has 37 heavy (non-hydrogen) atoms. The van der Waals surface area contributed by atoms with E-state index in [-0.39, 0.29) is 6.42 Å². The number of β-lactam (4-membered cyclic amide) rings is 1. The maximum absolute atomic E-state index is 13.6. The van der Waals surface area contributed by atoms with Crippen molar-refractivity contribution in [1.29, 1.82) is 0 Å². The van der Waals surface area contributed by atoms with Crippen LogP contribution in [0.5, 0.6) is 0 Å². The Morgan fingerprint density at radius 2 is 1.86 bits per heavy atom. The molecule has 0 spiro atoms. The molecule has 1 aliphatic heterocycles. The lowest BCUT2D eigenvalue weighted by molar-refractivity contribution is -0.156. The number of rotatable bonds is 7. The van der Waals surface area contributed by atoms with E-state index in [1.807, 2.05) is 6.92 Å². The van der Waals surface area contributed by atoms with Gasteiger partial charge in [-0.3, -0.25) is 19.5 Å². The van der Waals surface area contributed by atoms with Gasteiger partial charge in [0.1, 0.15) is 11.9 Å². The summed E-state index contributed by atoms with van der Waals surface area (Å²) in [7, 11) is 1.60. The lowest BCUT2D eigenvalue weighted by Gasteiger charge is -2.46. The minimum atomic E-state index is -1.02. The Morgan fingerprint density at radius 3 is 2.54 bits per heavy atom. The summed E-state index contributed by atoms with van der Waals surface area (Å²) in [6, 6.07) is 9.49. The second-order valence-corrected chi connectivity index (χ2v) is 9.58. The number of hydrogen-bond donors (Lipinski definition) is 2. The molecule has 1 saturated heterocycles. The summed E-state index contributed by atoms with van der Waals surface area (Å²) >= 11 is 12.5. The zero-order valence-corrected chi connectivity index (χ0v) is 21.8. The molecule has 0 bridgehead atoms. The number of carbonyl (C=O) groups excluding carboxylic acids is 3. The normalized spacial score (nSPS) is 17.6. The van der Waals surface area contributed by atoms with Crippen LogP contribution >= 0.6 is 23.2 Å². The summed E-state index contributed by atoms with van der Waals surface area (Å²) in [5, 5.41) is 3.76. The summed E-state index contributed by atoms with van der Waals surface area (Å²) in [4.78, 5) is 50.7. The number of pyridine rings is 2. The van der Waals surface area contributed by atoms with Crippen LogP contribution in [0.25, 0.3) is 0 Å². The number of nitrogens with one attached hydrogen (secondary N) is 1. The van der Waals surface area contributed by atoms with Crippen molar-refractivity contribution in [2.45, 2.75) is 31.8 Å². The van der Waals surface area contributed by atoms with E-state index in [4.69, 9.17) is 28.9 Å². The van der Waals surface area contributed by atoms with Crippen molar-refractivity contribution in [2.24, 2.45) is 5.92 Å². The summed E-state index contributed by atoms with van der Waals surface area (Å²) in [6.45, 7) is 1.87. The topological polar surface area (TPSA) is 122 Å². The third kappa shape index (κ3) is 5.52. The first-order chi connectivity index (χ1) is 17.7. The van der Waals surface area contributed by atoms with Crippen molar-refractivity contribution in [3.8, 4) is 0 Å². The van der Waals surface area contributed by atoms with E-state index in [1.165, 1.54) is 4.90 Å². The smallest absolute Gasteiger partial charge is 0.325 e. The highest BCUT2D eigenvalue weighted by atomic mass is 35.5. The van der Waals surface area contributed by atoms with Crippen molar-refractivity contribution >= 4 is 52.6 Å². The van der Waals surface area contributed by atoms with Gasteiger partial charge in [-0.2, -0.15) is 0 Å². The number of imide groups is 1. The molecule has 11 heteroatoms. The predicted molar refractivity (Wildman–Crippen MR) is 142 cm³/mol. The monoisotopic (exact) mass is 540 g/mol. The number of hydrogen-bond acceptors (Lipinski definition) is 6. The van der Waals surface area contributed by atoms with Gasteiger partial charge in [0.15, 0.2) is 0 Å². The molecule has 3 aromatic rings. The fraction of sp³-hybridized carbons (Fsp3) is 0.269. The van der Waals surface area contributed by atoms with E-state index in [9.17, 15) is 14.4 Å². The number of likely N-dealkylation sites (tertiary alicyclic amines) is 1. The van der Waals surface area contributed by atoms with Gasteiger partial charge in [0.2, 0.25) is 5.91 Å². The molecule has 1 aromatic carbocycles. The molecular weight excluding hydrogens is 515 g/mol. The fourth-order valence-electron chi connectivity index (χ4n) is 4.43. The van der Waals surface area contributed by atoms with E-state index in [0.29, 0.717) is 33.5 Å². The molecule has 9 nitrogen and oxygen atoms in total. The highest BCUT2D eigenvalue weighted by Crippen LogP contribution is 2.34. The van der Waals surface area contributed by atoms with Crippen LogP contribution in [0.15, 0.2) is 61.1 Å². The minimum absolute atomic E-state index is 0.229. The quantitative estimate of drug-likeness (QED) is 0.431. The van der Waals surface area contributed by atoms with Gasteiger partial charge >= 0.3 is 6.03 Å². The third-order valence-electron chi connectivity index (χ3n) is 6.41. The van der Waals surface area contributed by atoms with Gasteiger partial charge in [0, 0.05) is 41.4 Å². The molecule has 0 radical (unpaired) electrons. The van der Waals surface area contributed by atoms with Crippen LogP contribution in [0.1, 0.15) is 30.5 Å². The zero-order chi connectivity index (χ0) is 26.7. The number of amides is 4. The Balaban J connectivity index is 1.61. The van der Waals surface area contributed by atoms with E-state index in [2.05, 4.69) is 15.3 Å². The molecule has 3 N–H and O–H groups in total. The first-order valence-electron chi connectivity index (χ1n) is 11.7. The highest BCUT2D eigenvalue weighted by Gasteiger charge is 2.55. The first-order valence-corrected chi connectivity index (χ1v) is 12.4. The number of anilines is 2. The number of aromatic nitrogens is 2. The van der Waals surface area contributed by atoms with Gasteiger partial charge in [-0.05, 0) is 66.4 Å². The van der Waals surface area contributed by atoms with Crippen LogP contribution in [-0.4, -0.2) is 45.8 Å². The van der Waals surface area contributed by atoms with Crippen LogP contribution in [0.3, 0.4) is 0 Å². The third-order valence-corrected chi connectivity index (χ3v) is 6.99. The maximum Gasteiger partial charge on any atom is 0.325 e. The molecule has 3 heterocycles. The van der Waals surface area contributed by atoms with E-state index < -0.39 is 35.8 Å². The number of likely N-dealkylation sites (N-methyl/N-ethyl adjacent to an activating group) is 1. The molecule has 3 atom stereocenters. The van der Waals surface area contributed by atoms with Crippen molar-refractivity contribution in [3.05, 3.63) is 82.2 Å². The lowest BCUT2D eigenvalue weighted by atomic mass is 9.81. The molecule has 4 rings (SSSR count). The fourth-order valence-corrected chi connectivity index (χ4v) is 4.85. The van der Waals surface area contributed by atoms with Gasteiger partial charge in [-0.1, -0.05) is 30.1 Å². The Kier molecular flexibility index (Phi) is 7.94. The number of urea groups is 1. The summed E-state index contributed by atoms with van der Waals surface area (Å²) in [5.74, 6) is -1.30. The number of carbonyl (C=O) groups is 3. The standard InChI is InChI=1S/C26H26Cl2N6O3/c1-3-21(18-14-16(27)4-5-20(18)28)32-26(37)34-23(25(36)33(2)17-7-9-30-10-8-17)19(24(34)35)12-15-6-11-31-22(29)13-15/h4-11,13-14,19,21,23H,3,12H2,1-2H3,(H2,29,31)(H,32,37)/t19-,21?,23+/m1/s1. The molecule has 0 aliphatic carbocycles. The van der Waals surface area contributed by atoms with Crippen LogP contribution in [-0.2, 0) is 16.0 Å². The lowest BCUT2D eigenvalue weighted by Crippen LogP contribution is -2.70. The molecule has 4 amide bonds. The second-order valence-electron chi connectivity index (χ2n) is 8.73. The Bertz CT molecular complexity index is 1320. The number of nitrogens with zero attached hydrogens (tertiary/aromatic N) is 4. The number of nitrogens with two attached hydrogens (primary N) is 1. The molecule has 0 saturated carbocycles. The maximum atomic E-state index is 13.6. The van der Waals surface area contributed by atoms with Gasteiger partial charge in [-0.15, -0.1) is 0 Å². The molecule has 192 valence electrons. The Hall–Kier alpha value is -3.69. The van der Waals surface area contributed by atoms with Crippen LogP contribution in [0.2, 0.25) is 10.0 Å². The SMILES string of the molecule is CCC(NC(=O)N1C(=O)[C@H](Cc2ccnc(N)c2)[C@H]1C(=O)N(C)c1ccncc1)c1cc(Cl)ccc1Cl. The first kappa shape index (κ1) is 26.4. The summed E-state index contributed by atoms with van der Waals surface area (Å²) in [6.07, 6.45) is 5.38.